The second kappa shape index (κ2) is 5.85. The van der Waals surface area contributed by atoms with Crippen LogP contribution in [0.2, 0.25) is 0 Å². The van der Waals surface area contributed by atoms with Gasteiger partial charge in [-0.1, -0.05) is 41.9 Å². The number of benzene rings is 1. The Hall–Kier alpha value is -1.89. The van der Waals surface area contributed by atoms with Gasteiger partial charge in [0.1, 0.15) is 0 Å². The Kier molecular flexibility index (Phi) is 4.32. The molecule has 1 heterocycles. The zero-order valence-corrected chi connectivity index (χ0v) is 11.6. The molecular weight excluding hydrogens is 285 g/mol. The Labute approximate surface area is 119 Å². The van der Waals surface area contributed by atoms with Crippen LogP contribution in [0.25, 0.3) is 0 Å². The second-order valence-electron chi connectivity index (χ2n) is 4.99. The molecule has 4 nitrogen and oxygen atoms in total. The van der Waals surface area contributed by atoms with Gasteiger partial charge in [0, 0.05) is 6.42 Å². The maximum Gasteiger partial charge on any atom is 0.415 e. The lowest BCUT2D eigenvalue weighted by Gasteiger charge is -2.17. The Morgan fingerprint density at radius 2 is 2.05 bits per heavy atom. The van der Waals surface area contributed by atoms with Gasteiger partial charge in [0.05, 0.1) is 5.92 Å². The van der Waals surface area contributed by atoms with E-state index in [1.165, 1.54) is 6.92 Å². The van der Waals surface area contributed by atoms with Crippen molar-refractivity contribution in [3.05, 3.63) is 47.1 Å². The minimum absolute atomic E-state index is 0.220. The second-order valence-corrected chi connectivity index (χ2v) is 4.99. The predicted octanol–water partition coefficient (Wildman–Crippen LogP) is 3.00. The molecule has 0 fully saturated rings. The van der Waals surface area contributed by atoms with Crippen molar-refractivity contribution < 1.29 is 22.8 Å². The molecule has 2 atom stereocenters. The molecule has 7 heteroatoms. The zero-order valence-electron chi connectivity index (χ0n) is 11.6. The van der Waals surface area contributed by atoms with Crippen LogP contribution in [0.5, 0.6) is 0 Å². The summed E-state index contributed by atoms with van der Waals surface area (Å²) >= 11 is 0. The summed E-state index contributed by atoms with van der Waals surface area (Å²) in [6, 6.07) is 7.62. The highest BCUT2D eigenvalue weighted by Gasteiger charge is 2.44. The van der Waals surface area contributed by atoms with Crippen molar-refractivity contribution in [1.82, 2.24) is 10.1 Å². The van der Waals surface area contributed by atoms with Crippen LogP contribution in [-0.4, -0.2) is 27.5 Å². The molecule has 1 aromatic carbocycles. The first kappa shape index (κ1) is 15.5. The van der Waals surface area contributed by atoms with Crippen molar-refractivity contribution in [2.75, 3.05) is 0 Å². The molecule has 21 heavy (non-hydrogen) atoms. The quantitative estimate of drug-likeness (QED) is 0.943. The first-order valence-corrected chi connectivity index (χ1v) is 6.40. The normalized spacial score (nSPS) is 15.0. The summed E-state index contributed by atoms with van der Waals surface area (Å²) in [6.07, 6.45) is -6.88. The van der Waals surface area contributed by atoms with Gasteiger partial charge in [-0.25, -0.2) is 0 Å². The van der Waals surface area contributed by atoms with Gasteiger partial charge in [-0.3, -0.25) is 0 Å². The minimum atomic E-state index is -4.72. The molecule has 2 aromatic rings. The number of aromatic nitrogens is 2. The van der Waals surface area contributed by atoms with Gasteiger partial charge >= 0.3 is 6.18 Å². The largest absolute Gasteiger partial charge is 0.415 e. The molecule has 0 saturated heterocycles. The standard InChI is InChI=1S/C14H15F3N2O2/c1-8-4-3-5-10(6-8)7-11-18-13(21-19-11)9(2)12(20)14(15,16)17/h3-6,9,12,20H,7H2,1-2H3. The molecule has 1 N–H and O–H groups in total. The van der Waals surface area contributed by atoms with Crippen molar-refractivity contribution >= 4 is 0 Å². The lowest BCUT2D eigenvalue weighted by Crippen LogP contribution is -2.33. The molecule has 0 bridgehead atoms. The molecule has 0 saturated carbocycles. The first-order chi connectivity index (χ1) is 9.77. The van der Waals surface area contributed by atoms with E-state index in [0.29, 0.717) is 6.42 Å². The van der Waals surface area contributed by atoms with E-state index in [-0.39, 0.29) is 11.7 Å². The van der Waals surface area contributed by atoms with Crippen molar-refractivity contribution in [2.45, 2.75) is 38.5 Å². The summed E-state index contributed by atoms with van der Waals surface area (Å²) in [6.45, 7) is 3.13. The van der Waals surface area contributed by atoms with Crippen LogP contribution in [0.4, 0.5) is 13.2 Å². The highest BCUT2D eigenvalue weighted by Crippen LogP contribution is 2.30. The molecule has 0 aliphatic carbocycles. The fourth-order valence-corrected chi connectivity index (χ4v) is 1.95. The van der Waals surface area contributed by atoms with Crippen LogP contribution >= 0.6 is 0 Å². The summed E-state index contributed by atoms with van der Waals surface area (Å²) in [5.41, 5.74) is 2.00. The molecule has 0 spiro atoms. The molecule has 114 valence electrons. The molecule has 0 aliphatic heterocycles. The molecular formula is C14H15F3N2O2. The van der Waals surface area contributed by atoms with Gasteiger partial charge in [-0.15, -0.1) is 0 Å². The SMILES string of the molecule is Cc1cccc(Cc2noc(C(C)C(O)C(F)(F)F)n2)c1. The van der Waals surface area contributed by atoms with Crippen LogP contribution in [0.1, 0.15) is 35.7 Å². The summed E-state index contributed by atoms with van der Waals surface area (Å²) in [5, 5.41) is 12.9. The summed E-state index contributed by atoms with van der Waals surface area (Å²) < 4.78 is 42.2. The molecule has 0 aliphatic rings. The monoisotopic (exact) mass is 300 g/mol. The fourth-order valence-electron chi connectivity index (χ4n) is 1.95. The van der Waals surface area contributed by atoms with Gasteiger partial charge in [-0.05, 0) is 12.5 Å². The number of halogens is 3. The van der Waals surface area contributed by atoms with Crippen molar-refractivity contribution in [1.29, 1.82) is 0 Å². The highest BCUT2D eigenvalue weighted by atomic mass is 19.4. The number of hydrogen-bond acceptors (Lipinski definition) is 4. The predicted molar refractivity (Wildman–Crippen MR) is 68.8 cm³/mol. The summed E-state index contributed by atoms with van der Waals surface area (Å²) in [4.78, 5) is 3.93. The Bertz CT molecular complexity index is 610. The number of alkyl halides is 3. The van der Waals surface area contributed by atoms with E-state index in [2.05, 4.69) is 10.1 Å². The molecule has 2 rings (SSSR count). The molecule has 1 aromatic heterocycles. The van der Waals surface area contributed by atoms with E-state index in [0.717, 1.165) is 11.1 Å². The third kappa shape index (κ3) is 3.81. The van der Waals surface area contributed by atoms with Gasteiger partial charge < -0.3 is 9.63 Å². The Morgan fingerprint density at radius 3 is 2.67 bits per heavy atom. The molecule has 2 unspecified atom stereocenters. The number of hydrogen-bond donors (Lipinski definition) is 1. The van der Waals surface area contributed by atoms with E-state index >= 15 is 0 Å². The Morgan fingerprint density at radius 1 is 1.33 bits per heavy atom. The fraction of sp³-hybridized carbons (Fsp3) is 0.429. The third-order valence-corrected chi connectivity index (χ3v) is 3.13. The molecule has 0 amide bonds. The molecule has 0 radical (unpaired) electrons. The van der Waals surface area contributed by atoms with E-state index < -0.39 is 18.2 Å². The van der Waals surface area contributed by atoms with Gasteiger partial charge in [0.15, 0.2) is 11.9 Å². The Balaban J connectivity index is 2.11. The number of aliphatic hydroxyl groups is 1. The summed E-state index contributed by atoms with van der Waals surface area (Å²) in [5.74, 6) is -1.23. The van der Waals surface area contributed by atoms with Crippen LogP contribution in [0, 0.1) is 6.92 Å². The zero-order chi connectivity index (χ0) is 15.6. The number of aliphatic hydroxyl groups excluding tert-OH is 1. The third-order valence-electron chi connectivity index (χ3n) is 3.13. The average molecular weight is 300 g/mol. The number of aryl methyl sites for hydroxylation is 1. The van der Waals surface area contributed by atoms with Gasteiger partial charge in [0.2, 0.25) is 5.89 Å². The van der Waals surface area contributed by atoms with Crippen molar-refractivity contribution in [3.63, 3.8) is 0 Å². The van der Waals surface area contributed by atoms with Crippen LogP contribution in [0.3, 0.4) is 0 Å². The van der Waals surface area contributed by atoms with E-state index in [9.17, 15) is 18.3 Å². The van der Waals surface area contributed by atoms with Crippen LogP contribution in [-0.2, 0) is 6.42 Å². The first-order valence-electron chi connectivity index (χ1n) is 6.40. The maximum absolute atomic E-state index is 12.4. The highest BCUT2D eigenvalue weighted by molar-refractivity contribution is 5.24. The lowest BCUT2D eigenvalue weighted by molar-refractivity contribution is -0.210. The lowest BCUT2D eigenvalue weighted by atomic mass is 10.0. The van der Waals surface area contributed by atoms with Crippen LogP contribution < -0.4 is 0 Å². The van der Waals surface area contributed by atoms with Crippen LogP contribution in [0.15, 0.2) is 28.8 Å². The van der Waals surface area contributed by atoms with Crippen molar-refractivity contribution in [2.24, 2.45) is 0 Å². The van der Waals surface area contributed by atoms with Crippen molar-refractivity contribution in [3.8, 4) is 0 Å². The number of rotatable bonds is 4. The van der Waals surface area contributed by atoms with E-state index in [1.807, 2.05) is 31.2 Å². The maximum atomic E-state index is 12.4. The smallest absolute Gasteiger partial charge is 0.383 e. The summed E-state index contributed by atoms with van der Waals surface area (Å²) in [7, 11) is 0. The van der Waals surface area contributed by atoms with E-state index in [4.69, 9.17) is 4.52 Å². The van der Waals surface area contributed by atoms with Gasteiger partial charge in [-0.2, -0.15) is 18.2 Å². The topological polar surface area (TPSA) is 59.2 Å². The van der Waals surface area contributed by atoms with Gasteiger partial charge in [0.25, 0.3) is 0 Å². The average Bonchev–Trinajstić information content (AvgIpc) is 2.84. The minimum Gasteiger partial charge on any atom is -0.383 e. The van der Waals surface area contributed by atoms with E-state index in [1.54, 1.807) is 0 Å². The number of nitrogens with zero attached hydrogens (tertiary/aromatic N) is 2.